The molecule has 4 atom stereocenters. The summed E-state index contributed by atoms with van der Waals surface area (Å²) in [6.07, 6.45) is 5.61. The number of carbonyl (C=O) groups is 5. The third-order valence-electron chi connectivity index (χ3n) is 7.63. The smallest absolute Gasteiger partial charge is 0.246 e. The highest BCUT2D eigenvalue weighted by Gasteiger charge is 2.39. The van der Waals surface area contributed by atoms with Crippen LogP contribution in [-0.4, -0.2) is 72.2 Å². The van der Waals surface area contributed by atoms with E-state index in [1.807, 2.05) is 0 Å². The Morgan fingerprint density at radius 1 is 1.00 bits per heavy atom. The van der Waals surface area contributed by atoms with Gasteiger partial charge >= 0.3 is 0 Å². The summed E-state index contributed by atoms with van der Waals surface area (Å²) in [6.45, 7) is 7.07. The Bertz CT molecular complexity index is 945. The monoisotopic (exact) mass is 564 g/mol. The molecule has 5 amide bonds. The third kappa shape index (κ3) is 9.98. The van der Waals surface area contributed by atoms with E-state index in [2.05, 4.69) is 31.6 Å². The lowest BCUT2D eigenvalue weighted by molar-refractivity contribution is -0.138. The van der Waals surface area contributed by atoms with Crippen molar-refractivity contribution in [1.82, 2.24) is 26.6 Å². The lowest BCUT2D eigenvalue weighted by atomic mass is 9.93. The molecule has 13 nitrogen and oxygen atoms in total. The van der Waals surface area contributed by atoms with Gasteiger partial charge in [0.25, 0.3) is 0 Å². The molecule has 2 rings (SSSR count). The molecule has 0 unspecified atom stereocenters. The zero-order valence-corrected chi connectivity index (χ0v) is 24.3. The molecule has 0 aromatic rings. The summed E-state index contributed by atoms with van der Waals surface area (Å²) in [6, 6.07) is -2.69. The van der Waals surface area contributed by atoms with E-state index in [1.165, 1.54) is 0 Å². The van der Waals surface area contributed by atoms with Crippen LogP contribution in [0.25, 0.3) is 0 Å². The van der Waals surface area contributed by atoms with E-state index in [0.29, 0.717) is 18.8 Å². The van der Waals surface area contributed by atoms with Crippen molar-refractivity contribution in [2.45, 2.75) is 109 Å². The van der Waals surface area contributed by atoms with Gasteiger partial charge in [0, 0.05) is 19.0 Å². The minimum atomic E-state index is -1.41. The first-order chi connectivity index (χ1) is 18.9. The summed E-state index contributed by atoms with van der Waals surface area (Å²) >= 11 is 0. The number of nitrogens with one attached hydrogen (secondary N) is 5. The Hall–Kier alpha value is -3.38. The van der Waals surface area contributed by atoms with Gasteiger partial charge < -0.3 is 38.1 Å². The second kappa shape index (κ2) is 15.4. The van der Waals surface area contributed by atoms with Crippen LogP contribution in [0.2, 0.25) is 0 Å². The maximum atomic E-state index is 13.6. The number of aliphatic imine (C=N–C) groups is 1. The summed E-state index contributed by atoms with van der Waals surface area (Å²) in [5.41, 5.74) is 9.39. The number of nitrogens with zero attached hydrogens (tertiary/aromatic N) is 1. The van der Waals surface area contributed by atoms with Crippen molar-refractivity contribution in [3.05, 3.63) is 0 Å². The number of nitrogens with two attached hydrogens (primary N) is 2. The summed E-state index contributed by atoms with van der Waals surface area (Å²) in [5.74, 6) is -2.42. The zero-order valence-electron chi connectivity index (χ0n) is 24.3. The van der Waals surface area contributed by atoms with Crippen molar-refractivity contribution in [1.29, 1.82) is 0 Å². The molecule has 1 heterocycles. The summed E-state index contributed by atoms with van der Waals surface area (Å²) in [7, 11) is 0. The van der Waals surface area contributed by atoms with Gasteiger partial charge in [0.05, 0.1) is 0 Å². The molecule has 0 aromatic heterocycles. The average molecular weight is 565 g/mol. The normalized spacial score (nSPS) is 27.2. The molecule has 40 heavy (non-hydrogen) atoms. The van der Waals surface area contributed by atoms with Gasteiger partial charge in [0.2, 0.25) is 29.5 Å². The van der Waals surface area contributed by atoms with Crippen molar-refractivity contribution < 1.29 is 24.0 Å². The first-order valence-electron chi connectivity index (χ1n) is 14.4. The van der Waals surface area contributed by atoms with Crippen LogP contribution >= 0.6 is 0 Å². The number of hydrogen-bond acceptors (Lipinski definition) is 6. The first kappa shape index (κ1) is 32.8. The molecular weight excluding hydrogens is 516 g/mol. The Labute approximate surface area is 236 Å². The van der Waals surface area contributed by atoms with Crippen molar-refractivity contribution >= 4 is 35.5 Å². The van der Waals surface area contributed by atoms with E-state index in [-0.39, 0.29) is 56.0 Å². The summed E-state index contributed by atoms with van der Waals surface area (Å²) in [4.78, 5) is 70.0. The number of guanidine groups is 1. The Kier molecular flexibility index (Phi) is 12.7. The predicted molar refractivity (Wildman–Crippen MR) is 152 cm³/mol. The molecule has 0 spiro atoms. The molecule has 9 N–H and O–H groups in total. The van der Waals surface area contributed by atoms with Crippen molar-refractivity contribution in [3.63, 3.8) is 0 Å². The third-order valence-corrected chi connectivity index (χ3v) is 7.63. The highest BCUT2D eigenvalue weighted by atomic mass is 16.2. The SMILES string of the molecule is CC[C@@H]1NC(=O)[C@H](CCCN=C(N)N)NC(=O)[C@](C)(NC(=O)C(C)C)CCNC(=O)[C@@H](CC2CCCC2)NC1=O. The topological polar surface area (TPSA) is 210 Å². The lowest BCUT2D eigenvalue weighted by Crippen LogP contribution is -2.63. The quantitative estimate of drug-likeness (QED) is 0.111. The summed E-state index contributed by atoms with van der Waals surface area (Å²) in [5, 5.41) is 14.0. The van der Waals surface area contributed by atoms with Crippen LogP contribution in [0.1, 0.15) is 85.5 Å². The average Bonchev–Trinajstić information content (AvgIpc) is 3.40. The van der Waals surface area contributed by atoms with Gasteiger partial charge in [-0.1, -0.05) is 46.5 Å². The van der Waals surface area contributed by atoms with E-state index < -0.39 is 41.4 Å². The highest BCUT2D eigenvalue weighted by Crippen LogP contribution is 2.28. The highest BCUT2D eigenvalue weighted by molar-refractivity contribution is 5.97. The molecule has 2 aliphatic rings. The van der Waals surface area contributed by atoms with Gasteiger partial charge in [0.1, 0.15) is 23.7 Å². The van der Waals surface area contributed by atoms with Crippen molar-refractivity contribution in [2.24, 2.45) is 28.3 Å². The largest absolute Gasteiger partial charge is 0.370 e. The van der Waals surface area contributed by atoms with Crippen LogP contribution in [0.3, 0.4) is 0 Å². The lowest BCUT2D eigenvalue weighted by Gasteiger charge is -2.33. The molecule has 13 heteroatoms. The maximum Gasteiger partial charge on any atom is 0.246 e. The molecule has 0 aromatic carbocycles. The van der Waals surface area contributed by atoms with Gasteiger partial charge in [-0.3, -0.25) is 29.0 Å². The molecule has 0 bridgehead atoms. The van der Waals surface area contributed by atoms with E-state index in [1.54, 1.807) is 27.7 Å². The minimum absolute atomic E-state index is 0.0764. The molecule has 1 saturated carbocycles. The van der Waals surface area contributed by atoms with E-state index in [4.69, 9.17) is 11.5 Å². The van der Waals surface area contributed by atoms with Gasteiger partial charge in [-0.05, 0) is 44.9 Å². The fourth-order valence-electron chi connectivity index (χ4n) is 5.01. The van der Waals surface area contributed by atoms with Gasteiger partial charge in [-0.2, -0.15) is 0 Å². The molecular formula is C27H48N8O5. The number of rotatable bonds is 9. The Morgan fingerprint density at radius 2 is 1.62 bits per heavy atom. The van der Waals surface area contributed by atoms with Crippen molar-refractivity contribution in [3.8, 4) is 0 Å². The maximum absolute atomic E-state index is 13.6. The Morgan fingerprint density at radius 3 is 2.23 bits per heavy atom. The second-order valence-corrected chi connectivity index (χ2v) is 11.4. The fraction of sp³-hybridized carbons (Fsp3) is 0.778. The second-order valence-electron chi connectivity index (χ2n) is 11.4. The van der Waals surface area contributed by atoms with Crippen LogP contribution in [0.4, 0.5) is 0 Å². The summed E-state index contributed by atoms with van der Waals surface area (Å²) < 4.78 is 0. The molecule has 1 aliphatic carbocycles. The van der Waals surface area contributed by atoms with Crippen LogP contribution < -0.4 is 38.1 Å². The number of hydrogen-bond donors (Lipinski definition) is 7. The molecule has 226 valence electrons. The van der Waals surface area contributed by atoms with Gasteiger partial charge in [0.15, 0.2) is 5.96 Å². The standard InChI is InChI=1S/C27H48N8O5/c1-5-18-23(38)33-20(15-17-9-6-7-10-17)22(37)30-14-12-27(4,35-21(36)16(2)3)25(40)34-19(24(39)32-18)11-8-13-31-26(28)29/h16-20H,5-15H2,1-4H3,(H,30,37)(H,32,39)(H,33,38)(H,34,40)(H,35,36)(H4,28,29,31)/t18-,19-,20+,27+/m0/s1. The molecule has 0 radical (unpaired) electrons. The van der Waals surface area contributed by atoms with E-state index in [9.17, 15) is 24.0 Å². The van der Waals surface area contributed by atoms with E-state index >= 15 is 0 Å². The Balaban J connectivity index is 2.37. The predicted octanol–water partition coefficient (Wildman–Crippen LogP) is -0.464. The van der Waals surface area contributed by atoms with Gasteiger partial charge in [-0.25, -0.2) is 0 Å². The van der Waals surface area contributed by atoms with Crippen LogP contribution in [-0.2, 0) is 24.0 Å². The zero-order chi connectivity index (χ0) is 29.9. The van der Waals surface area contributed by atoms with E-state index in [0.717, 1.165) is 25.7 Å². The minimum Gasteiger partial charge on any atom is -0.370 e. The first-order valence-corrected chi connectivity index (χ1v) is 14.4. The fourth-order valence-corrected chi connectivity index (χ4v) is 5.01. The van der Waals surface area contributed by atoms with Crippen LogP contribution in [0, 0.1) is 11.8 Å². The molecule has 1 aliphatic heterocycles. The van der Waals surface area contributed by atoms with Crippen LogP contribution in [0.5, 0.6) is 0 Å². The molecule has 1 saturated heterocycles. The van der Waals surface area contributed by atoms with Gasteiger partial charge in [-0.15, -0.1) is 0 Å². The molecule has 2 fully saturated rings. The number of carbonyl (C=O) groups excluding carboxylic acids is 5. The number of amides is 5. The van der Waals surface area contributed by atoms with Crippen LogP contribution in [0.15, 0.2) is 4.99 Å². The van der Waals surface area contributed by atoms with Crippen molar-refractivity contribution in [2.75, 3.05) is 13.1 Å².